The van der Waals surface area contributed by atoms with Crippen molar-refractivity contribution in [3.05, 3.63) is 23.2 Å². The number of anilines is 1. The summed E-state index contributed by atoms with van der Waals surface area (Å²) in [5.74, 6) is 0.733. The van der Waals surface area contributed by atoms with Crippen LogP contribution in [0.25, 0.3) is 0 Å². The molecule has 1 aromatic carbocycles. The molecule has 0 saturated carbocycles. The predicted molar refractivity (Wildman–Crippen MR) is 76.6 cm³/mol. The maximum atomic E-state index is 11.9. The number of phenolic OH excluding ortho intramolecular Hbond substituents is 1. The fourth-order valence-electron chi connectivity index (χ4n) is 2.21. The molecule has 1 aromatic rings. The molecule has 2 N–H and O–H groups in total. The highest BCUT2D eigenvalue weighted by Gasteiger charge is 2.17. The molecule has 1 fully saturated rings. The van der Waals surface area contributed by atoms with Gasteiger partial charge in [-0.1, -0.05) is 18.5 Å². The molecule has 4 nitrogen and oxygen atoms in total. The average Bonchev–Trinajstić information content (AvgIpc) is 2.37. The monoisotopic (exact) mass is 282 g/mol. The summed E-state index contributed by atoms with van der Waals surface area (Å²) in [6, 6.07) is 4.66. The zero-order valence-electron chi connectivity index (χ0n) is 11.0. The van der Waals surface area contributed by atoms with Crippen LogP contribution in [-0.2, 0) is 4.79 Å². The van der Waals surface area contributed by atoms with Crippen LogP contribution in [0.1, 0.15) is 19.8 Å². The summed E-state index contributed by atoms with van der Waals surface area (Å²) >= 11 is 5.79. The maximum absolute atomic E-state index is 11.9. The fourth-order valence-corrected chi connectivity index (χ4v) is 2.39. The smallest absolute Gasteiger partial charge is 0.238 e. The highest BCUT2D eigenvalue weighted by molar-refractivity contribution is 6.32. The van der Waals surface area contributed by atoms with Crippen molar-refractivity contribution in [2.24, 2.45) is 5.92 Å². The lowest BCUT2D eigenvalue weighted by Gasteiger charge is -2.29. The minimum atomic E-state index is -0.0451. The Morgan fingerprint density at radius 2 is 2.16 bits per heavy atom. The zero-order chi connectivity index (χ0) is 13.8. The quantitative estimate of drug-likeness (QED) is 0.838. The number of aromatic hydroxyl groups is 1. The lowest BCUT2D eigenvalue weighted by Crippen LogP contribution is -2.38. The molecular weight excluding hydrogens is 264 g/mol. The Balaban J connectivity index is 1.85. The van der Waals surface area contributed by atoms with Crippen molar-refractivity contribution < 1.29 is 9.90 Å². The van der Waals surface area contributed by atoms with Crippen LogP contribution in [0, 0.1) is 5.92 Å². The predicted octanol–water partition coefficient (Wildman–Crippen LogP) is 2.72. The number of benzene rings is 1. The van der Waals surface area contributed by atoms with E-state index < -0.39 is 0 Å². The van der Waals surface area contributed by atoms with Gasteiger partial charge in [-0.15, -0.1) is 0 Å². The van der Waals surface area contributed by atoms with Crippen LogP contribution >= 0.6 is 11.6 Å². The summed E-state index contributed by atoms with van der Waals surface area (Å²) in [5.41, 5.74) is 0.609. The molecule has 1 saturated heterocycles. The molecule has 0 radical (unpaired) electrons. The third-order valence-corrected chi connectivity index (χ3v) is 3.78. The molecule has 1 heterocycles. The first-order valence-corrected chi connectivity index (χ1v) is 6.93. The second kappa shape index (κ2) is 6.26. The van der Waals surface area contributed by atoms with E-state index in [2.05, 4.69) is 17.1 Å². The molecule has 0 atom stereocenters. The van der Waals surface area contributed by atoms with E-state index in [0.717, 1.165) is 31.8 Å². The Morgan fingerprint density at radius 3 is 2.79 bits per heavy atom. The fraction of sp³-hybridized carbons (Fsp3) is 0.500. The van der Waals surface area contributed by atoms with Gasteiger partial charge in [0.25, 0.3) is 0 Å². The van der Waals surface area contributed by atoms with Gasteiger partial charge in [0.1, 0.15) is 5.75 Å². The SMILES string of the molecule is CC1CCN(CC(=O)Nc2ccc(O)c(Cl)c2)CC1. The van der Waals surface area contributed by atoms with E-state index in [1.165, 1.54) is 6.07 Å². The number of amides is 1. The Hall–Kier alpha value is -1.26. The highest BCUT2D eigenvalue weighted by atomic mass is 35.5. The largest absolute Gasteiger partial charge is 0.506 e. The van der Waals surface area contributed by atoms with Gasteiger partial charge in [-0.2, -0.15) is 0 Å². The number of phenols is 1. The topological polar surface area (TPSA) is 52.6 Å². The lowest BCUT2D eigenvalue weighted by molar-refractivity contribution is -0.117. The summed E-state index contributed by atoms with van der Waals surface area (Å²) < 4.78 is 0. The molecule has 0 aromatic heterocycles. The van der Waals surface area contributed by atoms with E-state index in [1.807, 2.05) is 0 Å². The van der Waals surface area contributed by atoms with E-state index in [4.69, 9.17) is 11.6 Å². The van der Waals surface area contributed by atoms with E-state index in [1.54, 1.807) is 12.1 Å². The summed E-state index contributed by atoms with van der Waals surface area (Å²) in [4.78, 5) is 14.1. The van der Waals surface area contributed by atoms with Crippen LogP contribution < -0.4 is 5.32 Å². The second-order valence-electron chi connectivity index (χ2n) is 5.17. The number of nitrogens with zero attached hydrogens (tertiary/aromatic N) is 1. The van der Waals surface area contributed by atoms with Crippen LogP contribution in [0.2, 0.25) is 5.02 Å². The number of likely N-dealkylation sites (tertiary alicyclic amines) is 1. The molecule has 0 unspecified atom stereocenters. The standard InChI is InChI=1S/C14H19ClN2O2/c1-10-4-6-17(7-5-10)9-14(19)16-11-2-3-13(18)12(15)8-11/h2-3,8,10,18H,4-7,9H2,1H3,(H,16,19). The van der Waals surface area contributed by atoms with Crippen molar-refractivity contribution in [3.63, 3.8) is 0 Å². The lowest BCUT2D eigenvalue weighted by atomic mass is 9.99. The Labute approximate surface area is 118 Å². The Bertz CT molecular complexity index is 457. The molecule has 19 heavy (non-hydrogen) atoms. The number of piperidine rings is 1. The van der Waals surface area contributed by atoms with E-state index in [9.17, 15) is 9.90 Å². The van der Waals surface area contributed by atoms with Crippen LogP contribution in [0.15, 0.2) is 18.2 Å². The van der Waals surface area contributed by atoms with Crippen molar-refractivity contribution in [2.75, 3.05) is 25.0 Å². The third kappa shape index (κ3) is 4.11. The number of hydrogen-bond acceptors (Lipinski definition) is 3. The van der Waals surface area contributed by atoms with Crippen molar-refractivity contribution in [2.45, 2.75) is 19.8 Å². The van der Waals surface area contributed by atoms with Crippen molar-refractivity contribution >= 4 is 23.2 Å². The van der Waals surface area contributed by atoms with Crippen molar-refractivity contribution in [1.82, 2.24) is 4.90 Å². The number of carbonyl (C=O) groups excluding carboxylic acids is 1. The van der Waals surface area contributed by atoms with Crippen molar-refractivity contribution in [3.8, 4) is 5.75 Å². The van der Waals surface area contributed by atoms with Gasteiger partial charge < -0.3 is 10.4 Å². The van der Waals surface area contributed by atoms with Gasteiger partial charge in [0.05, 0.1) is 11.6 Å². The summed E-state index contributed by atoms with van der Waals surface area (Å²) in [6.07, 6.45) is 2.30. The van der Waals surface area contributed by atoms with E-state index >= 15 is 0 Å². The van der Waals surface area contributed by atoms with E-state index in [-0.39, 0.29) is 16.7 Å². The van der Waals surface area contributed by atoms with Gasteiger partial charge in [0.15, 0.2) is 0 Å². The molecule has 0 bridgehead atoms. The molecule has 1 amide bonds. The molecular formula is C14H19ClN2O2. The van der Waals surface area contributed by atoms with Gasteiger partial charge in [-0.05, 0) is 50.0 Å². The normalized spacial score (nSPS) is 17.4. The molecule has 104 valence electrons. The highest BCUT2D eigenvalue weighted by Crippen LogP contribution is 2.26. The number of nitrogens with one attached hydrogen (secondary N) is 1. The minimum absolute atomic E-state index is 0.0182. The summed E-state index contributed by atoms with van der Waals surface area (Å²) in [6.45, 7) is 4.61. The average molecular weight is 283 g/mol. The molecule has 2 rings (SSSR count). The first-order valence-electron chi connectivity index (χ1n) is 6.55. The van der Waals surface area contributed by atoms with Gasteiger partial charge in [-0.3, -0.25) is 9.69 Å². The van der Waals surface area contributed by atoms with E-state index in [0.29, 0.717) is 12.2 Å². The van der Waals surface area contributed by atoms with Gasteiger partial charge in [-0.25, -0.2) is 0 Å². The molecule has 5 heteroatoms. The first kappa shape index (κ1) is 14.2. The van der Waals surface area contributed by atoms with Gasteiger partial charge in [0, 0.05) is 5.69 Å². The molecule has 0 aliphatic carbocycles. The minimum Gasteiger partial charge on any atom is -0.506 e. The number of hydrogen-bond donors (Lipinski definition) is 2. The third-order valence-electron chi connectivity index (χ3n) is 3.47. The molecule has 1 aliphatic heterocycles. The van der Waals surface area contributed by atoms with Crippen LogP contribution in [0.4, 0.5) is 5.69 Å². The second-order valence-corrected chi connectivity index (χ2v) is 5.58. The van der Waals surface area contributed by atoms with Crippen LogP contribution in [0.3, 0.4) is 0 Å². The van der Waals surface area contributed by atoms with Crippen LogP contribution in [-0.4, -0.2) is 35.5 Å². The molecule has 0 spiro atoms. The summed E-state index contributed by atoms with van der Waals surface area (Å²) in [7, 11) is 0. The first-order chi connectivity index (χ1) is 9.04. The molecule has 1 aliphatic rings. The summed E-state index contributed by atoms with van der Waals surface area (Å²) in [5, 5.41) is 12.3. The van der Waals surface area contributed by atoms with Gasteiger partial charge in [0.2, 0.25) is 5.91 Å². The van der Waals surface area contributed by atoms with Crippen LogP contribution in [0.5, 0.6) is 5.75 Å². The van der Waals surface area contributed by atoms with Gasteiger partial charge >= 0.3 is 0 Å². The number of rotatable bonds is 3. The van der Waals surface area contributed by atoms with Crippen molar-refractivity contribution in [1.29, 1.82) is 0 Å². The Kier molecular flexibility index (Phi) is 4.66. The zero-order valence-corrected chi connectivity index (χ0v) is 11.8. The Morgan fingerprint density at radius 1 is 1.47 bits per heavy atom. The number of carbonyl (C=O) groups is 1. The number of halogens is 1. The maximum Gasteiger partial charge on any atom is 0.238 e.